The van der Waals surface area contributed by atoms with Gasteiger partial charge in [0, 0.05) is 37.2 Å². The first-order valence-electron chi connectivity index (χ1n) is 8.40. The van der Waals surface area contributed by atoms with Crippen LogP contribution in [0.1, 0.15) is 28.9 Å². The van der Waals surface area contributed by atoms with E-state index in [9.17, 15) is 18.0 Å². The van der Waals surface area contributed by atoms with E-state index in [0.29, 0.717) is 17.8 Å². The highest BCUT2D eigenvalue weighted by Gasteiger charge is 2.38. The topological polar surface area (TPSA) is 145 Å². The van der Waals surface area contributed by atoms with Crippen LogP contribution in [0.3, 0.4) is 0 Å². The smallest absolute Gasteiger partial charge is 0.475 e. The van der Waals surface area contributed by atoms with Crippen molar-refractivity contribution >= 4 is 17.8 Å². The Morgan fingerprint density at radius 1 is 1.31 bits per heavy atom. The molecule has 1 saturated heterocycles. The van der Waals surface area contributed by atoms with E-state index in [1.165, 1.54) is 6.33 Å². The number of carbonyl (C=O) groups is 2. The summed E-state index contributed by atoms with van der Waals surface area (Å²) in [5.41, 5.74) is 6.31. The quantitative estimate of drug-likeness (QED) is 0.676. The number of hydrogen-bond donors (Lipinski definition) is 3. The molecule has 0 saturated carbocycles. The molecule has 0 unspecified atom stereocenters. The van der Waals surface area contributed by atoms with Gasteiger partial charge in [-0.05, 0) is 19.8 Å². The Morgan fingerprint density at radius 3 is 2.45 bits per heavy atom. The number of halogens is 3. The maximum Gasteiger partial charge on any atom is 0.490 e. The van der Waals surface area contributed by atoms with Gasteiger partial charge in [-0.25, -0.2) is 14.8 Å². The van der Waals surface area contributed by atoms with Gasteiger partial charge in [-0.2, -0.15) is 18.2 Å². The van der Waals surface area contributed by atoms with Crippen LogP contribution >= 0.6 is 0 Å². The summed E-state index contributed by atoms with van der Waals surface area (Å²) in [6.45, 7) is 3.40. The number of ether oxygens (including phenoxy) is 1. The molecular weight excluding hydrogens is 397 g/mol. The van der Waals surface area contributed by atoms with Crippen molar-refractivity contribution in [2.24, 2.45) is 5.73 Å². The number of nitrogens with two attached hydrogens (primary N) is 1. The summed E-state index contributed by atoms with van der Waals surface area (Å²) in [6, 6.07) is 0.313. The predicted octanol–water partition coefficient (Wildman–Crippen LogP) is 1.29. The fraction of sp³-hybridized carbons (Fsp3) is 0.438. The van der Waals surface area contributed by atoms with E-state index in [4.69, 9.17) is 20.4 Å². The van der Waals surface area contributed by atoms with Gasteiger partial charge in [0.05, 0.1) is 0 Å². The summed E-state index contributed by atoms with van der Waals surface area (Å²) in [7, 11) is 0. The first-order valence-corrected chi connectivity index (χ1v) is 8.40. The number of hydrogen-bond acceptors (Lipinski definition) is 7. The van der Waals surface area contributed by atoms with Crippen LogP contribution in [0, 0.1) is 6.92 Å². The second-order valence-corrected chi connectivity index (χ2v) is 6.06. The number of aliphatic carboxylic acids is 1. The molecule has 3 heterocycles. The molecular formula is C16H19F3N6O4. The summed E-state index contributed by atoms with van der Waals surface area (Å²) in [5, 5.41) is 10.4. The molecule has 2 aromatic heterocycles. The molecule has 1 aliphatic heterocycles. The number of anilines is 1. The maximum absolute atomic E-state index is 11.1. The lowest BCUT2D eigenvalue weighted by atomic mass is 10.1. The van der Waals surface area contributed by atoms with Crippen molar-refractivity contribution in [3.8, 4) is 5.82 Å². The van der Waals surface area contributed by atoms with Gasteiger partial charge >= 0.3 is 12.1 Å². The van der Waals surface area contributed by atoms with E-state index < -0.39 is 18.1 Å². The van der Waals surface area contributed by atoms with E-state index >= 15 is 0 Å². The Labute approximate surface area is 162 Å². The summed E-state index contributed by atoms with van der Waals surface area (Å²) < 4.78 is 38.7. The molecule has 0 atom stereocenters. The van der Waals surface area contributed by atoms with E-state index in [1.54, 1.807) is 17.0 Å². The molecule has 13 heteroatoms. The van der Waals surface area contributed by atoms with Crippen LogP contribution in [0.2, 0.25) is 0 Å². The fourth-order valence-corrected chi connectivity index (χ4v) is 2.35. The molecule has 4 N–H and O–H groups in total. The summed E-state index contributed by atoms with van der Waals surface area (Å²) >= 11 is 0. The highest BCUT2D eigenvalue weighted by molar-refractivity contribution is 5.90. The SMILES string of the molecule is Cc1cnc(NC2CCOCC2)nc1-n1cnc(C(N)=O)c1.O=C(O)C(F)(F)F. The number of carboxylic acid groups (broad SMARTS) is 1. The minimum absolute atomic E-state index is 0.206. The highest BCUT2D eigenvalue weighted by atomic mass is 19.4. The largest absolute Gasteiger partial charge is 0.490 e. The maximum atomic E-state index is 11.1. The summed E-state index contributed by atoms with van der Waals surface area (Å²) in [5.74, 6) is -2.09. The van der Waals surface area contributed by atoms with Gasteiger partial charge in [0.25, 0.3) is 5.91 Å². The first kappa shape index (κ1) is 22.1. The molecule has 3 rings (SSSR count). The monoisotopic (exact) mass is 416 g/mol. The standard InChI is InChI=1S/C14H18N6O2.C2HF3O2/c1-9-6-16-14(18-10-2-4-22-5-3-10)19-13(9)20-7-11(12(15)21)17-8-20;3-2(4,5)1(6)7/h6-8,10H,2-5H2,1H3,(H2,15,21)(H,16,18,19);(H,6,7). The van der Waals surface area contributed by atoms with Crippen LogP contribution in [0.5, 0.6) is 0 Å². The van der Waals surface area contributed by atoms with Crippen molar-refractivity contribution < 1.29 is 32.6 Å². The number of imidazole rings is 1. The van der Waals surface area contributed by atoms with Crippen molar-refractivity contribution in [2.45, 2.75) is 32.0 Å². The lowest BCUT2D eigenvalue weighted by Crippen LogP contribution is -2.28. The number of carboxylic acids is 1. The van der Waals surface area contributed by atoms with Crippen molar-refractivity contribution in [1.29, 1.82) is 0 Å². The third-order valence-corrected chi connectivity index (χ3v) is 3.82. The molecule has 1 fully saturated rings. The van der Waals surface area contributed by atoms with Gasteiger partial charge in [0.15, 0.2) is 0 Å². The number of nitrogens with one attached hydrogen (secondary N) is 1. The number of aromatic nitrogens is 4. The number of primary amides is 1. The molecule has 2 aromatic rings. The predicted molar refractivity (Wildman–Crippen MR) is 93.6 cm³/mol. The van der Waals surface area contributed by atoms with E-state index in [2.05, 4.69) is 20.3 Å². The Kier molecular flexibility index (Phi) is 7.09. The molecule has 10 nitrogen and oxygen atoms in total. The number of carbonyl (C=O) groups excluding carboxylic acids is 1. The van der Waals surface area contributed by atoms with Crippen molar-refractivity contribution in [2.75, 3.05) is 18.5 Å². The lowest BCUT2D eigenvalue weighted by Gasteiger charge is -2.23. The molecule has 158 valence electrons. The van der Waals surface area contributed by atoms with Crippen LogP contribution in [0.25, 0.3) is 5.82 Å². The number of rotatable bonds is 4. The van der Waals surface area contributed by atoms with Crippen molar-refractivity contribution in [3.63, 3.8) is 0 Å². The fourth-order valence-electron chi connectivity index (χ4n) is 2.35. The van der Waals surface area contributed by atoms with E-state index in [0.717, 1.165) is 31.6 Å². The second-order valence-electron chi connectivity index (χ2n) is 6.06. The van der Waals surface area contributed by atoms with Gasteiger partial charge in [0.1, 0.15) is 17.8 Å². The van der Waals surface area contributed by atoms with Gasteiger partial charge in [-0.15, -0.1) is 0 Å². The average Bonchev–Trinajstić information content (AvgIpc) is 3.14. The minimum Gasteiger partial charge on any atom is -0.475 e. The Morgan fingerprint density at radius 2 is 1.93 bits per heavy atom. The second kappa shape index (κ2) is 9.32. The molecule has 0 radical (unpaired) electrons. The van der Waals surface area contributed by atoms with Crippen LogP contribution in [-0.4, -0.2) is 61.9 Å². The van der Waals surface area contributed by atoms with Gasteiger partial charge in [-0.3, -0.25) is 9.36 Å². The molecule has 0 spiro atoms. The van der Waals surface area contributed by atoms with Crippen molar-refractivity contribution in [3.05, 3.63) is 30.0 Å². The van der Waals surface area contributed by atoms with Gasteiger partial charge < -0.3 is 20.9 Å². The third-order valence-electron chi connectivity index (χ3n) is 3.82. The van der Waals surface area contributed by atoms with Crippen LogP contribution in [-0.2, 0) is 9.53 Å². The molecule has 0 bridgehead atoms. The Bertz CT molecular complexity index is 865. The van der Waals surface area contributed by atoms with Crippen LogP contribution in [0.4, 0.5) is 19.1 Å². The number of amides is 1. The zero-order chi connectivity index (χ0) is 21.6. The summed E-state index contributed by atoms with van der Waals surface area (Å²) in [6.07, 6.45) is 1.62. The lowest BCUT2D eigenvalue weighted by molar-refractivity contribution is -0.192. The molecule has 0 aliphatic carbocycles. The molecule has 1 aliphatic rings. The van der Waals surface area contributed by atoms with E-state index in [1.807, 2.05) is 6.92 Å². The van der Waals surface area contributed by atoms with Gasteiger partial charge in [0.2, 0.25) is 5.95 Å². The Balaban J connectivity index is 0.000000370. The highest BCUT2D eigenvalue weighted by Crippen LogP contribution is 2.16. The first-order chi connectivity index (χ1) is 13.6. The minimum atomic E-state index is -5.08. The average molecular weight is 416 g/mol. The van der Waals surface area contributed by atoms with Crippen LogP contribution in [0.15, 0.2) is 18.7 Å². The van der Waals surface area contributed by atoms with Crippen LogP contribution < -0.4 is 11.1 Å². The number of aryl methyl sites for hydroxylation is 1. The van der Waals surface area contributed by atoms with Gasteiger partial charge in [-0.1, -0.05) is 0 Å². The number of nitrogens with zero attached hydrogens (tertiary/aromatic N) is 4. The van der Waals surface area contributed by atoms with E-state index in [-0.39, 0.29) is 5.69 Å². The zero-order valence-corrected chi connectivity index (χ0v) is 15.3. The molecule has 0 aromatic carbocycles. The summed E-state index contributed by atoms with van der Waals surface area (Å²) in [4.78, 5) is 32.8. The molecule has 1 amide bonds. The number of alkyl halides is 3. The Hall–Kier alpha value is -3.22. The molecule has 29 heavy (non-hydrogen) atoms. The third kappa shape index (κ3) is 6.41. The van der Waals surface area contributed by atoms with Crippen molar-refractivity contribution in [1.82, 2.24) is 19.5 Å². The zero-order valence-electron chi connectivity index (χ0n) is 15.3. The normalized spacial score (nSPS) is 14.6.